The molecule has 1 atom stereocenters. The maximum Gasteiger partial charge on any atom is 0.108 e. The van der Waals surface area contributed by atoms with Crippen LogP contribution in [0, 0.1) is 0 Å². The molecule has 0 N–H and O–H groups in total. The number of ether oxygens (including phenoxy) is 1. The van der Waals surface area contributed by atoms with Crippen LogP contribution in [0.25, 0.3) is 10.9 Å². The summed E-state index contributed by atoms with van der Waals surface area (Å²) >= 11 is 0. The van der Waals surface area contributed by atoms with Gasteiger partial charge in [0.2, 0.25) is 0 Å². The summed E-state index contributed by atoms with van der Waals surface area (Å²) in [5, 5.41) is 1.47. The standard InChI is InChI=1S/C23H34N2O/c1-3-4-15-24(2)16-8-7-13-23-14-9-17-25-21-11-6-5-10-19(21)20(22(23)25)12-18-26-23/h5-6,10-11H,3-4,7-9,12-18H2,1-2H3. The van der Waals surface area contributed by atoms with Gasteiger partial charge in [0.1, 0.15) is 5.60 Å². The van der Waals surface area contributed by atoms with Gasteiger partial charge in [0.15, 0.2) is 0 Å². The van der Waals surface area contributed by atoms with Crippen molar-refractivity contribution in [2.24, 2.45) is 0 Å². The Bertz CT molecular complexity index is 701. The lowest BCUT2D eigenvalue weighted by molar-refractivity contribution is -0.0880. The van der Waals surface area contributed by atoms with Crippen molar-refractivity contribution >= 4 is 10.9 Å². The van der Waals surface area contributed by atoms with Crippen LogP contribution in [0.2, 0.25) is 0 Å². The summed E-state index contributed by atoms with van der Waals surface area (Å²) in [6.07, 6.45) is 9.83. The second kappa shape index (κ2) is 7.74. The molecular formula is C23H34N2O. The summed E-state index contributed by atoms with van der Waals surface area (Å²) in [5.74, 6) is 0. The van der Waals surface area contributed by atoms with Crippen molar-refractivity contribution in [1.29, 1.82) is 0 Å². The Balaban J connectivity index is 1.51. The molecule has 2 aromatic rings. The van der Waals surface area contributed by atoms with Crippen molar-refractivity contribution < 1.29 is 4.74 Å². The van der Waals surface area contributed by atoms with E-state index in [9.17, 15) is 0 Å². The summed E-state index contributed by atoms with van der Waals surface area (Å²) in [4.78, 5) is 2.49. The molecule has 4 rings (SSSR count). The Morgan fingerprint density at radius 1 is 1.15 bits per heavy atom. The topological polar surface area (TPSA) is 17.4 Å². The Hall–Kier alpha value is -1.32. The molecule has 0 fully saturated rings. The van der Waals surface area contributed by atoms with Crippen LogP contribution in [0.4, 0.5) is 0 Å². The molecule has 0 saturated heterocycles. The normalized spacial score (nSPS) is 22.1. The summed E-state index contributed by atoms with van der Waals surface area (Å²) < 4.78 is 9.12. The lowest BCUT2D eigenvalue weighted by atomic mass is 9.81. The summed E-state index contributed by atoms with van der Waals surface area (Å²) in [6, 6.07) is 8.98. The Morgan fingerprint density at radius 2 is 2.00 bits per heavy atom. The zero-order valence-electron chi connectivity index (χ0n) is 16.6. The number of fused-ring (bicyclic) bond motifs is 3. The highest BCUT2D eigenvalue weighted by Gasteiger charge is 2.43. The molecule has 3 heterocycles. The SMILES string of the molecule is CCCCN(C)CCCCC12CCCn3c1c(c1ccccc13)CCO2. The van der Waals surface area contributed by atoms with Crippen LogP contribution < -0.4 is 0 Å². The molecule has 0 bridgehead atoms. The van der Waals surface area contributed by atoms with Gasteiger partial charge >= 0.3 is 0 Å². The highest BCUT2D eigenvalue weighted by molar-refractivity contribution is 5.86. The van der Waals surface area contributed by atoms with Crippen molar-refractivity contribution in [3.05, 3.63) is 35.5 Å². The molecule has 2 aliphatic rings. The van der Waals surface area contributed by atoms with E-state index in [0.29, 0.717) is 0 Å². The van der Waals surface area contributed by atoms with Gasteiger partial charge in [-0.25, -0.2) is 0 Å². The predicted molar refractivity (Wildman–Crippen MR) is 109 cm³/mol. The van der Waals surface area contributed by atoms with Gasteiger partial charge in [-0.05, 0) is 76.7 Å². The minimum absolute atomic E-state index is 0.0210. The van der Waals surface area contributed by atoms with Crippen LogP contribution in [-0.4, -0.2) is 36.2 Å². The van der Waals surface area contributed by atoms with Crippen LogP contribution in [0.5, 0.6) is 0 Å². The van der Waals surface area contributed by atoms with Crippen molar-refractivity contribution in [2.75, 3.05) is 26.7 Å². The lowest BCUT2D eigenvalue weighted by Crippen LogP contribution is -2.40. The number of hydrogen-bond acceptors (Lipinski definition) is 2. The Labute approximate surface area is 158 Å². The average molecular weight is 355 g/mol. The quantitative estimate of drug-likeness (QED) is 0.613. The molecule has 3 heteroatoms. The van der Waals surface area contributed by atoms with E-state index in [-0.39, 0.29) is 5.60 Å². The number of nitrogens with zero attached hydrogens (tertiary/aromatic N) is 2. The van der Waals surface area contributed by atoms with E-state index < -0.39 is 0 Å². The van der Waals surface area contributed by atoms with Crippen LogP contribution in [0.15, 0.2) is 24.3 Å². The molecule has 1 aromatic carbocycles. The molecule has 0 saturated carbocycles. The third-order valence-electron chi connectivity index (χ3n) is 6.46. The minimum atomic E-state index is -0.0210. The molecule has 0 spiro atoms. The number of para-hydroxylation sites is 1. The van der Waals surface area contributed by atoms with Gasteiger partial charge < -0.3 is 14.2 Å². The van der Waals surface area contributed by atoms with Crippen molar-refractivity contribution in [3.63, 3.8) is 0 Å². The van der Waals surface area contributed by atoms with E-state index >= 15 is 0 Å². The molecule has 142 valence electrons. The second-order valence-electron chi connectivity index (χ2n) is 8.31. The first-order valence-corrected chi connectivity index (χ1v) is 10.7. The Kier molecular flexibility index (Phi) is 5.37. The monoisotopic (exact) mass is 354 g/mol. The van der Waals surface area contributed by atoms with E-state index in [2.05, 4.69) is 47.7 Å². The molecule has 0 amide bonds. The van der Waals surface area contributed by atoms with Crippen LogP contribution in [-0.2, 0) is 23.3 Å². The summed E-state index contributed by atoms with van der Waals surface area (Å²) in [6.45, 7) is 6.76. The second-order valence-corrected chi connectivity index (χ2v) is 8.31. The van der Waals surface area contributed by atoms with Crippen molar-refractivity contribution in [2.45, 2.75) is 70.4 Å². The predicted octanol–water partition coefficient (Wildman–Crippen LogP) is 5.11. The van der Waals surface area contributed by atoms with Gasteiger partial charge in [-0.3, -0.25) is 0 Å². The molecule has 0 radical (unpaired) electrons. The number of benzene rings is 1. The van der Waals surface area contributed by atoms with Gasteiger partial charge in [0.05, 0.1) is 12.3 Å². The molecule has 2 aliphatic heterocycles. The number of rotatable bonds is 8. The fourth-order valence-corrected chi connectivity index (χ4v) is 5.16. The molecule has 3 nitrogen and oxygen atoms in total. The minimum Gasteiger partial charge on any atom is -0.368 e. The van der Waals surface area contributed by atoms with Crippen LogP contribution in [0.1, 0.15) is 63.1 Å². The fraction of sp³-hybridized carbons (Fsp3) is 0.652. The van der Waals surface area contributed by atoms with E-state index in [1.807, 2.05) is 0 Å². The molecular weight excluding hydrogens is 320 g/mol. The van der Waals surface area contributed by atoms with Crippen molar-refractivity contribution in [1.82, 2.24) is 9.47 Å². The van der Waals surface area contributed by atoms with Gasteiger partial charge in [0.25, 0.3) is 0 Å². The Morgan fingerprint density at radius 3 is 2.88 bits per heavy atom. The van der Waals surface area contributed by atoms with Gasteiger partial charge in [-0.2, -0.15) is 0 Å². The average Bonchev–Trinajstić information content (AvgIpc) is 3.00. The van der Waals surface area contributed by atoms with Crippen LogP contribution in [0.3, 0.4) is 0 Å². The first-order valence-electron chi connectivity index (χ1n) is 10.7. The zero-order chi connectivity index (χ0) is 18.0. The van der Waals surface area contributed by atoms with E-state index in [0.717, 1.165) is 19.6 Å². The van der Waals surface area contributed by atoms with Gasteiger partial charge in [0, 0.05) is 17.4 Å². The number of aryl methyl sites for hydroxylation is 1. The molecule has 26 heavy (non-hydrogen) atoms. The van der Waals surface area contributed by atoms with Gasteiger partial charge in [-0.15, -0.1) is 0 Å². The summed E-state index contributed by atoms with van der Waals surface area (Å²) in [7, 11) is 2.27. The highest BCUT2D eigenvalue weighted by Crippen LogP contribution is 2.47. The smallest absolute Gasteiger partial charge is 0.108 e. The van der Waals surface area contributed by atoms with E-state index in [1.165, 1.54) is 74.6 Å². The first-order chi connectivity index (χ1) is 12.7. The lowest BCUT2D eigenvalue weighted by Gasteiger charge is -2.42. The summed E-state index contributed by atoms with van der Waals surface area (Å²) in [5.41, 5.74) is 4.50. The fourth-order valence-electron chi connectivity index (χ4n) is 5.16. The van der Waals surface area contributed by atoms with Crippen molar-refractivity contribution in [3.8, 4) is 0 Å². The first kappa shape index (κ1) is 18.1. The maximum absolute atomic E-state index is 6.54. The number of unbranched alkanes of at least 4 members (excludes halogenated alkanes) is 2. The molecule has 0 aliphatic carbocycles. The van der Waals surface area contributed by atoms with Crippen LogP contribution >= 0.6 is 0 Å². The zero-order valence-corrected chi connectivity index (χ0v) is 16.6. The van der Waals surface area contributed by atoms with E-state index in [1.54, 1.807) is 5.56 Å². The van der Waals surface area contributed by atoms with E-state index in [4.69, 9.17) is 4.74 Å². The molecule has 1 unspecified atom stereocenters. The third kappa shape index (κ3) is 3.20. The largest absolute Gasteiger partial charge is 0.368 e. The number of aromatic nitrogens is 1. The third-order valence-corrected chi connectivity index (χ3v) is 6.46. The van der Waals surface area contributed by atoms with Gasteiger partial charge in [-0.1, -0.05) is 31.5 Å². The number of hydrogen-bond donors (Lipinski definition) is 0. The molecule has 1 aromatic heterocycles. The highest BCUT2D eigenvalue weighted by atomic mass is 16.5. The maximum atomic E-state index is 6.54.